The van der Waals surface area contributed by atoms with Gasteiger partial charge in [0.15, 0.2) is 0 Å². The first-order chi connectivity index (χ1) is 8.81. The third-order valence-corrected chi connectivity index (χ3v) is 2.67. The summed E-state index contributed by atoms with van der Waals surface area (Å²) < 4.78 is 0. The van der Waals surface area contributed by atoms with Crippen molar-refractivity contribution < 1.29 is 4.79 Å². The predicted octanol–water partition coefficient (Wildman–Crippen LogP) is 2.53. The maximum Gasteiger partial charge on any atom is 0.296 e. The normalized spacial score (nSPS) is 9.78. The van der Waals surface area contributed by atoms with E-state index in [1.165, 1.54) is 0 Å². The Morgan fingerprint density at radius 2 is 1.39 bits per heavy atom. The van der Waals surface area contributed by atoms with Crippen molar-refractivity contribution in [3.05, 3.63) is 71.8 Å². The van der Waals surface area contributed by atoms with E-state index in [0.29, 0.717) is 0 Å². The molecule has 0 heterocycles. The second kappa shape index (κ2) is 5.70. The van der Waals surface area contributed by atoms with Crippen LogP contribution in [0.3, 0.4) is 0 Å². The van der Waals surface area contributed by atoms with Gasteiger partial charge in [0.25, 0.3) is 5.91 Å². The molecule has 0 atom stereocenters. The summed E-state index contributed by atoms with van der Waals surface area (Å²) in [4.78, 5) is 11.4. The molecule has 0 aliphatic heterocycles. The van der Waals surface area contributed by atoms with Gasteiger partial charge < -0.3 is 5.32 Å². The van der Waals surface area contributed by atoms with Crippen LogP contribution in [-0.2, 0) is 4.79 Å². The Morgan fingerprint density at radius 1 is 0.944 bits per heavy atom. The van der Waals surface area contributed by atoms with Crippen LogP contribution in [0.1, 0.15) is 17.2 Å². The van der Waals surface area contributed by atoms with E-state index in [0.717, 1.165) is 11.1 Å². The standard InChI is InChI=1S/C16H13NO/c1-2-15(18)17-16(13-9-5-3-6-10-13)14-11-7-4-8-12-14/h1,3-12,16H,(H,17,18). The molecule has 0 fully saturated rings. The van der Waals surface area contributed by atoms with Crippen LogP contribution in [-0.4, -0.2) is 5.91 Å². The Hall–Kier alpha value is -2.53. The first-order valence-corrected chi connectivity index (χ1v) is 5.68. The third kappa shape index (κ3) is 2.78. The Kier molecular flexibility index (Phi) is 3.78. The lowest BCUT2D eigenvalue weighted by Crippen LogP contribution is -2.27. The van der Waals surface area contributed by atoms with Crippen molar-refractivity contribution in [2.24, 2.45) is 0 Å². The van der Waals surface area contributed by atoms with E-state index in [9.17, 15) is 4.79 Å². The summed E-state index contributed by atoms with van der Waals surface area (Å²) in [5, 5.41) is 2.82. The summed E-state index contributed by atoms with van der Waals surface area (Å²) in [7, 11) is 0. The lowest BCUT2D eigenvalue weighted by molar-refractivity contribution is -0.116. The number of carbonyl (C=O) groups is 1. The molecule has 0 aromatic heterocycles. The lowest BCUT2D eigenvalue weighted by atomic mass is 9.99. The maximum atomic E-state index is 11.4. The third-order valence-electron chi connectivity index (χ3n) is 2.67. The van der Waals surface area contributed by atoms with Crippen LogP contribution in [0.15, 0.2) is 60.7 Å². The molecule has 0 spiro atoms. The van der Waals surface area contributed by atoms with Crippen LogP contribution in [0, 0.1) is 12.3 Å². The molecule has 0 unspecified atom stereocenters. The zero-order chi connectivity index (χ0) is 12.8. The summed E-state index contributed by atoms with van der Waals surface area (Å²) in [6.45, 7) is 0. The van der Waals surface area contributed by atoms with Crippen LogP contribution in [0.2, 0.25) is 0 Å². The van der Waals surface area contributed by atoms with Crippen molar-refractivity contribution in [2.45, 2.75) is 6.04 Å². The topological polar surface area (TPSA) is 29.1 Å². The quantitative estimate of drug-likeness (QED) is 0.814. The molecule has 1 amide bonds. The number of hydrogen-bond acceptors (Lipinski definition) is 1. The Labute approximate surface area is 107 Å². The highest BCUT2D eigenvalue weighted by Crippen LogP contribution is 2.21. The first-order valence-electron chi connectivity index (χ1n) is 5.68. The predicted molar refractivity (Wildman–Crippen MR) is 71.7 cm³/mol. The van der Waals surface area contributed by atoms with Crippen LogP contribution in [0.4, 0.5) is 0 Å². The molecule has 18 heavy (non-hydrogen) atoms. The van der Waals surface area contributed by atoms with Crippen molar-refractivity contribution in [3.8, 4) is 12.3 Å². The fourth-order valence-corrected chi connectivity index (χ4v) is 1.82. The van der Waals surface area contributed by atoms with Crippen molar-refractivity contribution in [3.63, 3.8) is 0 Å². The van der Waals surface area contributed by atoms with E-state index in [1.807, 2.05) is 60.7 Å². The molecule has 0 radical (unpaired) electrons. The van der Waals surface area contributed by atoms with Crippen LogP contribution in [0.5, 0.6) is 0 Å². The van der Waals surface area contributed by atoms with Gasteiger partial charge in [-0.3, -0.25) is 4.79 Å². The van der Waals surface area contributed by atoms with Gasteiger partial charge in [-0.25, -0.2) is 0 Å². The van der Waals surface area contributed by atoms with Gasteiger partial charge in [-0.1, -0.05) is 60.7 Å². The molecule has 88 valence electrons. The van der Waals surface area contributed by atoms with Gasteiger partial charge in [-0.2, -0.15) is 0 Å². The van der Waals surface area contributed by atoms with Crippen molar-refractivity contribution >= 4 is 5.91 Å². The molecular weight excluding hydrogens is 222 g/mol. The number of carbonyl (C=O) groups excluding carboxylic acids is 1. The van der Waals surface area contributed by atoms with Gasteiger partial charge in [0.05, 0.1) is 6.04 Å². The highest BCUT2D eigenvalue weighted by Gasteiger charge is 2.14. The molecule has 0 saturated heterocycles. The Balaban J connectivity index is 2.36. The molecule has 1 N–H and O–H groups in total. The largest absolute Gasteiger partial charge is 0.334 e. The van der Waals surface area contributed by atoms with Gasteiger partial charge in [0.1, 0.15) is 0 Å². The van der Waals surface area contributed by atoms with Gasteiger partial charge in [-0.05, 0) is 17.0 Å². The molecule has 2 rings (SSSR count). The summed E-state index contributed by atoms with van der Waals surface area (Å²) in [6, 6.07) is 19.3. The molecular formula is C16H13NO. The second-order valence-corrected chi connectivity index (χ2v) is 3.87. The van der Waals surface area contributed by atoms with Gasteiger partial charge >= 0.3 is 0 Å². The minimum Gasteiger partial charge on any atom is -0.334 e. The van der Waals surface area contributed by atoms with E-state index >= 15 is 0 Å². The van der Waals surface area contributed by atoms with Gasteiger partial charge in [0, 0.05) is 0 Å². The molecule has 0 aliphatic rings. The number of hydrogen-bond donors (Lipinski definition) is 1. The summed E-state index contributed by atoms with van der Waals surface area (Å²) in [6.07, 6.45) is 5.11. The fourth-order valence-electron chi connectivity index (χ4n) is 1.82. The zero-order valence-electron chi connectivity index (χ0n) is 9.84. The van der Waals surface area contributed by atoms with E-state index < -0.39 is 5.91 Å². The summed E-state index contributed by atoms with van der Waals surface area (Å²) >= 11 is 0. The van der Waals surface area contributed by atoms with Crippen LogP contribution in [0.25, 0.3) is 0 Å². The fraction of sp³-hybridized carbons (Fsp3) is 0.0625. The molecule has 0 aliphatic carbocycles. The Bertz CT molecular complexity index is 515. The molecule has 2 nitrogen and oxygen atoms in total. The second-order valence-electron chi connectivity index (χ2n) is 3.87. The highest BCUT2D eigenvalue weighted by atomic mass is 16.1. The summed E-state index contributed by atoms with van der Waals surface area (Å²) in [5.74, 6) is 1.68. The monoisotopic (exact) mass is 235 g/mol. The van der Waals surface area contributed by atoms with E-state index in [2.05, 4.69) is 11.2 Å². The number of amides is 1. The summed E-state index contributed by atoms with van der Waals surface area (Å²) in [5.41, 5.74) is 2.01. The lowest BCUT2D eigenvalue weighted by Gasteiger charge is -2.18. The average molecular weight is 235 g/mol. The minimum atomic E-state index is -0.410. The van der Waals surface area contributed by atoms with E-state index in [4.69, 9.17) is 6.42 Å². The minimum absolute atomic E-state index is 0.212. The van der Waals surface area contributed by atoms with E-state index in [1.54, 1.807) is 0 Å². The highest BCUT2D eigenvalue weighted by molar-refractivity contribution is 5.93. The van der Waals surface area contributed by atoms with E-state index in [-0.39, 0.29) is 6.04 Å². The first kappa shape index (κ1) is 11.9. The van der Waals surface area contributed by atoms with Gasteiger partial charge in [-0.15, -0.1) is 6.42 Å². The molecule has 0 saturated carbocycles. The van der Waals surface area contributed by atoms with Crippen LogP contribution >= 0.6 is 0 Å². The Morgan fingerprint density at radius 3 is 1.78 bits per heavy atom. The molecule has 0 bridgehead atoms. The number of benzene rings is 2. The SMILES string of the molecule is C#CC(=O)NC(c1ccccc1)c1ccccc1. The van der Waals surface area contributed by atoms with Crippen molar-refractivity contribution in [2.75, 3.05) is 0 Å². The maximum absolute atomic E-state index is 11.4. The van der Waals surface area contributed by atoms with Crippen LogP contribution < -0.4 is 5.32 Å². The molecule has 2 aromatic carbocycles. The van der Waals surface area contributed by atoms with Crippen molar-refractivity contribution in [1.82, 2.24) is 5.32 Å². The number of terminal acetylenes is 1. The number of rotatable bonds is 3. The smallest absolute Gasteiger partial charge is 0.296 e. The molecule has 2 heteroatoms. The molecule has 2 aromatic rings. The zero-order valence-corrected chi connectivity index (χ0v) is 9.84. The number of nitrogens with one attached hydrogen (secondary N) is 1. The van der Waals surface area contributed by atoms with Crippen molar-refractivity contribution in [1.29, 1.82) is 0 Å². The van der Waals surface area contributed by atoms with Gasteiger partial charge in [0.2, 0.25) is 0 Å². The average Bonchev–Trinajstić information content (AvgIpc) is 2.46.